The van der Waals surface area contributed by atoms with Crippen molar-refractivity contribution in [2.75, 3.05) is 19.0 Å². The molecule has 2 unspecified atom stereocenters. The Labute approximate surface area is 190 Å². The van der Waals surface area contributed by atoms with E-state index in [2.05, 4.69) is 5.32 Å². The number of hydrogen-bond acceptors (Lipinski definition) is 7. The molecule has 0 bridgehead atoms. The summed E-state index contributed by atoms with van der Waals surface area (Å²) in [4.78, 5) is 49.6. The van der Waals surface area contributed by atoms with E-state index in [0.29, 0.717) is 5.75 Å². The standard InChI is InChI=1S/C18H15Cl3N2O6S/c19-18(20,21)9-29-17(27)14-10(6-24)8-30-16-13(15(26)23(14)16)22-12(25)7-28-11-4-2-1-3-5-11/h1-5,13-14,16H,7-9H2,(H,22,25)/t13?,14?,16-/m0/s1. The molecular formula is C18H15Cl3N2O6S. The zero-order valence-corrected chi connectivity index (χ0v) is 18.3. The zero-order valence-electron chi connectivity index (χ0n) is 15.2. The van der Waals surface area contributed by atoms with Gasteiger partial charge in [0.15, 0.2) is 12.6 Å². The van der Waals surface area contributed by atoms with Crippen molar-refractivity contribution in [1.29, 1.82) is 0 Å². The van der Waals surface area contributed by atoms with Crippen molar-refractivity contribution in [3.8, 4) is 5.75 Å². The number of β-lactam (4-membered cyclic amide) rings is 1. The largest absolute Gasteiger partial charge is 0.484 e. The average Bonchev–Trinajstić information content (AvgIpc) is 2.73. The maximum Gasteiger partial charge on any atom is 0.334 e. The van der Waals surface area contributed by atoms with E-state index >= 15 is 0 Å². The highest BCUT2D eigenvalue weighted by atomic mass is 35.6. The predicted molar refractivity (Wildman–Crippen MR) is 111 cm³/mol. The van der Waals surface area contributed by atoms with E-state index in [0.717, 1.165) is 4.90 Å². The zero-order chi connectivity index (χ0) is 21.9. The van der Waals surface area contributed by atoms with E-state index in [1.807, 2.05) is 6.07 Å². The number of halogens is 3. The van der Waals surface area contributed by atoms with Crippen molar-refractivity contribution in [2.45, 2.75) is 21.3 Å². The van der Waals surface area contributed by atoms with Gasteiger partial charge in [0.05, 0.1) is 5.57 Å². The Hall–Kier alpha value is -1.90. The van der Waals surface area contributed by atoms with Crippen LogP contribution in [0.5, 0.6) is 5.75 Å². The van der Waals surface area contributed by atoms with Crippen molar-refractivity contribution in [3.05, 3.63) is 35.9 Å². The summed E-state index contributed by atoms with van der Waals surface area (Å²) in [5, 5.41) is 2.03. The van der Waals surface area contributed by atoms with Gasteiger partial charge >= 0.3 is 5.97 Å². The number of hydrogen-bond donors (Lipinski definition) is 1. The molecule has 1 aromatic carbocycles. The van der Waals surface area contributed by atoms with Crippen LogP contribution in [0.2, 0.25) is 0 Å². The van der Waals surface area contributed by atoms with E-state index in [1.165, 1.54) is 11.8 Å². The number of nitrogens with one attached hydrogen (secondary N) is 1. The summed E-state index contributed by atoms with van der Waals surface area (Å²) in [6, 6.07) is 6.59. The second kappa shape index (κ2) is 9.49. The van der Waals surface area contributed by atoms with Crippen LogP contribution in [0.3, 0.4) is 0 Å². The fourth-order valence-electron chi connectivity index (χ4n) is 2.95. The Morgan fingerprint density at radius 2 is 1.97 bits per heavy atom. The van der Waals surface area contributed by atoms with Crippen LogP contribution in [0.1, 0.15) is 0 Å². The number of thioether (sulfide) groups is 1. The quantitative estimate of drug-likeness (QED) is 0.277. The number of esters is 1. The topological polar surface area (TPSA) is 102 Å². The van der Waals surface area contributed by atoms with Crippen molar-refractivity contribution in [1.82, 2.24) is 10.2 Å². The van der Waals surface area contributed by atoms with E-state index < -0.39 is 45.6 Å². The number of benzene rings is 1. The van der Waals surface area contributed by atoms with Gasteiger partial charge in [-0.1, -0.05) is 53.0 Å². The first kappa shape index (κ1) is 22.8. The molecular weight excluding hydrogens is 479 g/mol. The van der Waals surface area contributed by atoms with Gasteiger partial charge in [-0.3, -0.25) is 9.59 Å². The molecule has 12 heteroatoms. The lowest BCUT2D eigenvalue weighted by Crippen LogP contribution is -2.75. The molecule has 8 nitrogen and oxygen atoms in total. The SMILES string of the molecule is O=C=C1CS[C@H]2C(NC(=O)COc3ccccc3)C(=O)N2C1C(=O)OCC(Cl)(Cl)Cl. The van der Waals surface area contributed by atoms with Crippen LogP contribution in [0.4, 0.5) is 0 Å². The number of amides is 2. The van der Waals surface area contributed by atoms with Gasteiger partial charge in [-0.15, -0.1) is 11.8 Å². The summed E-state index contributed by atoms with van der Waals surface area (Å²) in [6.45, 7) is -0.824. The molecule has 2 aliphatic heterocycles. The first-order chi connectivity index (χ1) is 14.2. The molecule has 2 heterocycles. The molecule has 0 saturated carbocycles. The first-order valence-electron chi connectivity index (χ1n) is 8.59. The summed E-state index contributed by atoms with van der Waals surface area (Å²) in [7, 11) is 0. The third-order valence-electron chi connectivity index (χ3n) is 4.26. The van der Waals surface area contributed by atoms with E-state index in [1.54, 1.807) is 30.2 Å². The monoisotopic (exact) mass is 492 g/mol. The number of carbonyl (C=O) groups is 3. The summed E-state index contributed by atoms with van der Waals surface area (Å²) < 4.78 is 8.46. The Morgan fingerprint density at radius 3 is 2.60 bits per heavy atom. The van der Waals surface area contributed by atoms with Crippen LogP contribution in [-0.2, 0) is 23.9 Å². The van der Waals surface area contributed by atoms with Crippen molar-refractivity contribution in [3.63, 3.8) is 0 Å². The fraction of sp³-hybridized carbons (Fsp3) is 0.389. The van der Waals surface area contributed by atoms with Gasteiger partial charge in [0.2, 0.25) is 9.70 Å². The fourth-order valence-corrected chi connectivity index (χ4v) is 4.44. The number of fused-ring (bicyclic) bond motifs is 1. The molecule has 160 valence electrons. The molecule has 0 aromatic heterocycles. The number of para-hydroxylation sites is 1. The molecule has 1 N–H and O–H groups in total. The molecule has 2 saturated heterocycles. The Kier molecular flexibility index (Phi) is 7.21. The first-order valence-corrected chi connectivity index (χ1v) is 10.8. The molecule has 2 aliphatic rings. The number of ether oxygens (including phenoxy) is 2. The van der Waals surface area contributed by atoms with Crippen LogP contribution in [-0.4, -0.2) is 68.8 Å². The number of rotatable bonds is 6. The van der Waals surface area contributed by atoms with Crippen LogP contribution in [0, 0.1) is 0 Å². The average molecular weight is 494 g/mol. The smallest absolute Gasteiger partial charge is 0.334 e. The van der Waals surface area contributed by atoms with Crippen LogP contribution in [0.25, 0.3) is 0 Å². The van der Waals surface area contributed by atoms with Gasteiger partial charge in [-0.05, 0) is 12.1 Å². The van der Waals surface area contributed by atoms with E-state index in [-0.39, 0.29) is 17.9 Å². The summed E-state index contributed by atoms with van der Waals surface area (Å²) in [5.41, 5.74) is 0.0381. The summed E-state index contributed by atoms with van der Waals surface area (Å²) in [6.07, 6.45) is 0. The molecule has 3 atom stereocenters. The van der Waals surface area contributed by atoms with Gasteiger partial charge in [0.1, 0.15) is 29.7 Å². The van der Waals surface area contributed by atoms with E-state index in [9.17, 15) is 19.2 Å². The van der Waals surface area contributed by atoms with Crippen molar-refractivity contribution >= 4 is 70.3 Å². The lowest BCUT2D eigenvalue weighted by molar-refractivity contribution is -0.163. The predicted octanol–water partition coefficient (Wildman–Crippen LogP) is 1.51. The van der Waals surface area contributed by atoms with Gasteiger partial charge in [-0.2, -0.15) is 0 Å². The number of alkyl halides is 3. The minimum atomic E-state index is -1.84. The van der Waals surface area contributed by atoms with Crippen molar-refractivity contribution < 1.29 is 28.7 Å². The molecule has 0 aliphatic carbocycles. The molecule has 3 rings (SSSR count). The number of carbonyl (C=O) groups excluding carboxylic acids is 4. The normalized spacial score (nSPS) is 23.0. The highest BCUT2D eigenvalue weighted by Crippen LogP contribution is 2.40. The minimum absolute atomic E-state index is 0.0381. The van der Waals surface area contributed by atoms with Crippen molar-refractivity contribution in [2.24, 2.45) is 0 Å². The van der Waals surface area contributed by atoms with Gasteiger partial charge in [0.25, 0.3) is 5.91 Å². The highest BCUT2D eigenvalue weighted by molar-refractivity contribution is 8.00. The summed E-state index contributed by atoms with van der Waals surface area (Å²) in [5.74, 6) is 0.386. The molecule has 2 fully saturated rings. The Bertz CT molecular complexity index is 888. The molecule has 0 radical (unpaired) electrons. The maximum atomic E-state index is 12.6. The van der Waals surface area contributed by atoms with Gasteiger partial charge < -0.3 is 19.7 Å². The molecule has 2 amide bonds. The summed E-state index contributed by atoms with van der Waals surface area (Å²) >= 11 is 17.9. The van der Waals surface area contributed by atoms with Crippen LogP contribution >= 0.6 is 46.6 Å². The Balaban J connectivity index is 1.61. The lowest BCUT2D eigenvalue weighted by Gasteiger charge is -2.52. The second-order valence-electron chi connectivity index (χ2n) is 6.35. The molecule has 0 spiro atoms. The van der Waals surface area contributed by atoms with Gasteiger partial charge in [0, 0.05) is 5.75 Å². The lowest BCUT2D eigenvalue weighted by atomic mass is 9.98. The molecule has 30 heavy (non-hydrogen) atoms. The third-order valence-corrected chi connectivity index (χ3v) is 5.91. The number of nitrogens with zero attached hydrogens (tertiary/aromatic N) is 1. The van der Waals surface area contributed by atoms with Crippen LogP contribution < -0.4 is 10.1 Å². The third kappa shape index (κ3) is 5.22. The highest BCUT2D eigenvalue weighted by Gasteiger charge is 2.57. The Morgan fingerprint density at radius 1 is 1.27 bits per heavy atom. The molecule has 1 aromatic rings. The van der Waals surface area contributed by atoms with Gasteiger partial charge in [-0.25, -0.2) is 9.59 Å². The second-order valence-corrected chi connectivity index (χ2v) is 9.97. The maximum absolute atomic E-state index is 12.6. The van der Waals surface area contributed by atoms with E-state index in [4.69, 9.17) is 44.3 Å². The van der Waals surface area contributed by atoms with Crippen LogP contribution in [0.15, 0.2) is 35.9 Å². The minimum Gasteiger partial charge on any atom is -0.484 e.